The summed E-state index contributed by atoms with van der Waals surface area (Å²) in [5.74, 6) is -1.04. The molecule has 2 aromatic rings. The summed E-state index contributed by atoms with van der Waals surface area (Å²) in [4.78, 5) is 13.7. The fourth-order valence-corrected chi connectivity index (χ4v) is 4.39. The Morgan fingerprint density at radius 3 is 1.82 bits per heavy atom. The van der Waals surface area contributed by atoms with Crippen LogP contribution in [0.1, 0.15) is 27.0 Å². The van der Waals surface area contributed by atoms with Crippen LogP contribution in [0.3, 0.4) is 0 Å². The van der Waals surface area contributed by atoms with Crippen LogP contribution in [0.4, 0.5) is 26.3 Å². The first-order chi connectivity index (χ1) is 15.3. The minimum Gasteiger partial charge on any atom is -0.336 e. The van der Waals surface area contributed by atoms with Crippen LogP contribution < -0.4 is 0 Å². The van der Waals surface area contributed by atoms with E-state index in [9.17, 15) is 39.6 Å². The van der Waals surface area contributed by atoms with Crippen LogP contribution in [-0.2, 0) is 22.4 Å². The van der Waals surface area contributed by atoms with Crippen molar-refractivity contribution in [1.29, 1.82) is 0 Å². The van der Waals surface area contributed by atoms with Crippen LogP contribution in [0, 0.1) is 0 Å². The van der Waals surface area contributed by atoms with Crippen molar-refractivity contribution in [3.63, 3.8) is 0 Å². The van der Waals surface area contributed by atoms with Crippen LogP contribution in [0.2, 0.25) is 0 Å². The third-order valence-corrected chi connectivity index (χ3v) is 6.52. The number of hydrogen-bond acceptors (Lipinski definition) is 3. The maximum absolute atomic E-state index is 13.0. The molecule has 1 heterocycles. The van der Waals surface area contributed by atoms with Crippen LogP contribution in [0.15, 0.2) is 53.9 Å². The molecule has 1 fully saturated rings. The van der Waals surface area contributed by atoms with E-state index >= 15 is 0 Å². The first-order valence-electron chi connectivity index (χ1n) is 9.59. The van der Waals surface area contributed by atoms with E-state index in [1.165, 1.54) is 6.08 Å². The van der Waals surface area contributed by atoms with E-state index < -0.39 is 45.0 Å². The second kappa shape index (κ2) is 9.18. The van der Waals surface area contributed by atoms with Gasteiger partial charge in [0, 0.05) is 37.2 Å². The molecule has 12 heteroatoms. The third kappa shape index (κ3) is 6.14. The number of hydrogen-bond donors (Lipinski definition) is 0. The predicted molar refractivity (Wildman–Crippen MR) is 108 cm³/mol. The number of rotatable bonds is 4. The summed E-state index contributed by atoms with van der Waals surface area (Å²) in [6, 6.07) is 9.31. The van der Waals surface area contributed by atoms with Crippen molar-refractivity contribution in [2.75, 3.05) is 26.2 Å². The fourth-order valence-electron chi connectivity index (χ4n) is 3.22. The number of carbonyl (C=O) groups excluding carboxylic acids is 1. The smallest absolute Gasteiger partial charge is 0.336 e. The summed E-state index contributed by atoms with van der Waals surface area (Å²) in [7, 11) is -3.83. The van der Waals surface area contributed by atoms with E-state index in [4.69, 9.17) is 0 Å². The summed E-state index contributed by atoms with van der Waals surface area (Å²) in [6.07, 6.45) is -8.75. The van der Waals surface area contributed by atoms with E-state index in [1.54, 1.807) is 30.3 Å². The SMILES string of the molecule is O=C(c1cc(C(F)(F)F)cc(C(F)(F)F)c1)N1CCN(S(=O)(=O)/C=C/c2ccccc2)CC1. The molecule has 1 aliphatic rings. The number of piperazine rings is 1. The van der Waals surface area contributed by atoms with Crippen molar-refractivity contribution in [3.05, 3.63) is 76.2 Å². The second-order valence-corrected chi connectivity index (χ2v) is 9.06. The number of nitrogens with zero attached hydrogens (tertiary/aromatic N) is 2. The lowest BCUT2D eigenvalue weighted by Gasteiger charge is -2.33. The zero-order chi connectivity index (χ0) is 24.4. The topological polar surface area (TPSA) is 57.7 Å². The molecule has 3 rings (SSSR count). The highest BCUT2D eigenvalue weighted by molar-refractivity contribution is 7.92. The largest absolute Gasteiger partial charge is 0.416 e. The van der Waals surface area contributed by atoms with E-state index in [1.807, 2.05) is 0 Å². The van der Waals surface area contributed by atoms with Gasteiger partial charge in [0.1, 0.15) is 0 Å². The third-order valence-electron chi connectivity index (χ3n) is 4.95. The van der Waals surface area contributed by atoms with E-state index in [0.717, 1.165) is 14.6 Å². The molecule has 0 N–H and O–H groups in total. The van der Waals surface area contributed by atoms with Crippen molar-refractivity contribution in [2.45, 2.75) is 12.4 Å². The highest BCUT2D eigenvalue weighted by Crippen LogP contribution is 2.36. The maximum Gasteiger partial charge on any atom is 0.416 e. The number of alkyl halides is 6. The molecule has 2 aromatic carbocycles. The van der Waals surface area contributed by atoms with Gasteiger partial charge in [-0.1, -0.05) is 30.3 Å². The lowest BCUT2D eigenvalue weighted by Crippen LogP contribution is -2.50. The molecule has 0 saturated carbocycles. The Labute approximate surface area is 186 Å². The number of carbonyl (C=O) groups is 1. The summed E-state index contributed by atoms with van der Waals surface area (Å²) < 4.78 is 104. The number of benzene rings is 2. The fraction of sp³-hybridized carbons (Fsp3) is 0.286. The highest BCUT2D eigenvalue weighted by atomic mass is 32.2. The zero-order valence-electron chi connectivity index (χ0n) is 16.9. The second-order valence-electron chi connectivity index (χ2n) is 7.24. The Kier molecular flexibility index (Phi) is 6.89. The molecule has 178 valence electrons. The van der Waals surface area contributed by atoms with E-state index in [2.05, 4.69) is 0 Å². The monoisotopic (exact) mass is 492 g/mol. The van der Waals surface area contributed by atoms with Crippen molar-refractivity contribution < 1.29 is 39.6 Å². The van der Waals surface area contributed by atoms with Gasteiger partial charge in [-0.2, -0.15) is 30.6 Å². The molecule has 1 saturated heterocycles. The lowest BCUT2D eigenvalue weighted by atomic mass is 10.0. The van der Waals surface area contributed by atoms with E-state index in [0.29, 0.717) is 17.7 Å². The van der Waals surface area contributed by atoms with Crippen molar-refractivity contribution >= 4 is 22.0 Å². The molecule has 1 amide bonds. The predicted octanol–water partition coefficient (Wildman–Crippen LogP) is 4.48. The molecule has 0 spiro atoms. The van der Waals surface area contributed by atoms with Gasteiger partial charge in [-0.25, -0.2) is 8.42 Å². The highest BCUT2D eigenvalue weighted by Gasteiger charge is 2.38. The first kappa shape index (κ1) is 24.8. The first-order valence-corrected chi connectivity index (χ1v) is 11.1. The van der Waals surface area contributed by atoms with Crippen molar-refractivity contribution in [3.8, 4) is 0 Å². The average Bonchev–Trinajstić information content (AvgIpc) is 2.76. The minimum atomic E-state index is -5.08. The molecule has 0 aliphatic carbocycles. The summed E-state index contributed by atoms with van der Waals surface area (Å²) in [5.41, 5.74) is -3.29. The van der Waals surface area contributed by atoms with Gasteiger partial charge in [0.2, 0.25) is 10.0 Å². The van der Waals surface area contributed by atoms with Gasteiger partial charge in [-0.05, 0) is 29.8 Å². The number of sulfonamides is 1. The maximum atomic E-state index is 13.0. The Hall–Kier alpha value is -2.86. The minimum absolute atomic E-state index is 0.0552. The van der Waals surface area contributed by atoms with Gasteiger partial charge in [0.15, 0.2) is 0 Å². The molecule has 0 radical (unpaired) electrons. The summed E-state index contributed by atoms with van der Waals surface area (Å²) >= 11 is 0. The van der Waals surface area contributed by atoms with Gasteiger partial charge < -0.3 is 4.90 Å². The van der Waals surface area contributed by atoms with Gasteiger partial charge in [-0.3, -0.25) is 4.79 Å². The molecule has 5 nitrogen and oxygen atoms in total. The Balaban J connectivity index is 1.74. The molecule has 0 unspecified atom stereocenters. The normalized spacial score (nSPS) is 16.4. The van der Waals surface area contributed by atoms with Crippen molar-refractivity contribution in [1.82, 2.24) is 9.21 Å². The van der Waals surface area contributed by atoms with Gasteiger partial charge >= 0.3 is 12.4 Å². The quantitative estimate of drug-likeness (QED) is 0.592. The van der Waals surface area contributed by atoms with Gasteiger partial charge in [0.05, 0.1) is 11.1 Å². The number of halogens is 6. The van der Waals surface area contributed by atoms with Crippen LogP contribution >= 0.6 is 0 Å². The van der Waals surface area contributed by atoms with Crippen molar-refractivity contribution in [2.24, 2.45) is 0 Å². The van der Waals surface area contributed by atoms with Gasteiger partial charge in [0.25, 0.3) is 5.91 Å². The average molecular weight is 492 g/mol. The molecule has 0 atom stereocenters. The Morgan fingerprint density at radius 1 is 0.818 bits per heavy atom. The summed E-state index contributed by atoms with van der Waals surface area (Å²) in [6.45, 7) is -0.680. The standard InChI is InChI=1S/C21H18F6N2O3S/c22-20(23,24)17-12-16(13-18(14-17)21(25,26)27)19(30)28-7-9-29(10-8-28)33(31,32)11-6-15-4-2-1-3-5-15/h1-6,11-14H,7-10H2/b11-6+. The molecule has 0 aromatic heterocycles. The molecular weight excluding hydrogens is 474 g/mol. The summed E-state index contributed by atoms with van der Waals surface area (Å²) in [5, 5.41) is 1.00. The zero-order valence-corrected chi connectivity index (χ0v) is 17.7. The molecular formula is C21H18F6N2O3S. The van der Waals surface area contributed by atoms with E-state index in [-0.39, 0.29) is 32.2 Å². The molecule has 0 bridgehead atoms. The molecule has 1 aliphatic heterocycles. The Bertz CT molecular complexity index is 1100. The van der Waals surface area contributed by atoms with Crippen LogP contribution in [0.25, 0.3) is 6.08 Å². The van der Waals surface area contributed by atoms with Gasteiger partial charge in [-0.15, -0.1) is 0 Å². The molecule has 33 heavy (non-hydrogen) atoms. The number of amides is 1. The Morgan fingerprint density at radius 2 is 1.33 bits per heavy atom. The lowest BCUT2D eigenvalue weighted by molar-refractivity contribution is -0.143. The van der Waals surface area contributed by atoms with Crippen LogP contribution in [-0.4, -0.2) is 49.7 Å². The van der Waals surface area contributed by atoms with Crippen LogP contribution in [0.5, 0.6) is 0 Å².